The van der Waals surface area contributed by atoms with E-state index in [2.05, 4.69) is 10.1 Å². The molecular formula is C17H21ClFN5O2S. The van der Waals surface area contributed by atoms with Gasteiger partial charge in [-0.25, -0.2) is 9.37 Å². The monoisotopic (exact) mass is 413 g/mol. The number of hydrogen-bond acceptors (Lipinski definition) is 6. The van der Waals surface area contributed by atoms with Gasteiger partial charge in [0.2, 0.25) is 5.88 Å². The molecule has 27 heavy (non-hydrogen) atoms. The maximum absolute atomic E-state index is 14.0. The molecule has 7 nitrogen and oxygen atoms in total. The van der Waals surface area contributed by atoms with Gasteiger partial charge in [0, 0.05) is 26.3 Å². The number of ether oxygens (including phenoxy) is 1. The first-order valence-corrected chi connectivity index (χ1v) is 8.81. The fourth-order valence-corrected chi connectivity index (χ4v) is 3.52. The molecule has 2 heterocycles. The van der Waals surface area contributed by atoms with Crippen molar-refractivity contribution in [3.63, 3.8) is 0 Å². The Balaban J connectivity index is 0.00000261. The standard InChI is InChI=1S/C17H20FN5O2S.ClH/c1-21(2)8-9-23(16(24)11-10-22(3)20-15(11)25-4)17-19-14-12(18)6-5-7-13(14)26-17;/h5-7,10H,8-9H2,1-4H3;1H. The maximum atomic E-state index is 14.0. The van der Waals surface area contributed by atoms with Crippen molar-refractivity contribution in [3.8, 4) is 5.88 Å². The average molecular weight is 414 g/mol. The van der Waals surface area contributed by atoms with Gasteiger partial charge in [-0.05, 0) is 26.2 Å². The highest BCUT2D eigenvalue weighted by Crippen LogP contribution is 2.31. The third-order valence-corrected chi connectivity index (χ3v) is 4.87. The van der Waals surface area contributed by atoms with Crippen molar-refractivity contribution in [1.82, 2.24) is 19.7 Å². The summed E-state index contributed by atoms with van der Waals surface area (Å²) in [7, 11) is 7.03. The number of nitrogens with zero attached hydrogens (tertiary/aromatic N) is 5. The van der Waals surface area contributed by atoms with Crippen LogP contribution in [0, 0.1) is 5.82 Å². The molecule has 3 rings (SSSR count). The van der Waals surface area contributed by atoms with Crippen LogP contribution >= 0.6 is 23.7 Å². The van der Waals surface area contributed by atoms with Gasteiger partial charge in [0.05, 0.1) is 11.8 Å². The van der Waals surface area contributed by atoms with Gasteiger partial charge in [-0.2, -0.15) is 0 Å². The van der Waals surface area contributed by atoms with E-state index in [0.29, 0.717) is 28.5 Å². The normalized spacial score (nSPS) is 10.9. The molecule has 0 unspecified atom stereocenters. The molecule has 0 aliphatic heterocycles. The highest BCUT2D eigenvalue weighted by molar-refractivity contribution is 7.22. The van der Waals surface area contributed by atoms with Crippen molar-refractivity contribution >= 4 is 45.0 Å². The summed E-state index contributed by atoms with van der Waals surface area (Å²) in [6.45, 7) is 1.04. The van der Waals surface area contributed by atoms with Crippen LogP contribution in [0.4, 0.5) is 9.52 Å². The van der Waals surface area contributed by atoms with Crippen LogP contribution in [0.3, 0.4) is 0 Å². The number of halogens is 2. The van der Waals surface area contributed by atoms with Crippen molar-refractivity contribution in [2.45, 2.75) is 0 Å². The third-order valence-electron chi connectivity index (χ3n) is 3.82. The molecule has 0 atom stereocenters. The topological polar surface area (TPSA) is 63.5 Å². The number of methoxy groups -OCH3 is 1. The van der Waals surface area contributed by atoms with Crippen molar-refractivity contribution in [2.75, 3.05) is 39.2 Å². The smallest absolute Gasteiger partial charge is 0.267 e. The first kappa shape index (κ1) is 21.1. The number of carbonyl (C=O) groups is 1. The van der Waals surface area contributed by atoms with Crippen LogP contribution in [0.25, 0.3) is 10.2 Å². The van der Waals surface area contributed by atoms with Gasteiger partial charge in [0.1, 0.15) is 16.9 Å². The van der Waals surface area contributed by atoms with Crippen LogP contribution < -0.4 is 9.64 Å². The number of rotatable bonds is 6. The number of hydrogen-bond donors (Lipinski definition) is 0. The number of likely N-dealkylation sites (N-methyl/N-ethyl adjacent to an activating group) is 1. The minimum atomic E-state index is -0.399. The number of aromatic nitrogens is 3. The lowest BCUT2D eigenvalue weighted by molar-refractivity contribution is 0.0982. The summed E-state index contributed by atoms with van der Waals surface area (Å²) < 4.78 is 21.4. The molecule has 0 radical (unpaired) electrons. The fourth-order valence-electron chi connectivity index (χ4n) is 2.51. The molecule has 10 heteroatoms. The van der Waals surface area contributed by atoms with Gasteiger partial charge < -0.3 is 9.64 Å². The Bertz CT molecular complexity index is 943. The second-order valence-electron chi connectivity index (χ2n) is 6.07. The lowest BCUT2D eigenvalue weighted by Gasteiger charge is -2.21. The number of anilines is 1. The largest absolute Gasteiger partial charge is 0.479 e. The van der Waals surface area contributed by atoms with E-state index < -0.39 is 5.82 Å². The van der Waals surface area contributed by atoms with Crippen LogP contribution in [0.15, 0.2) is 24.4 Å². The summed E-state index contributed by atoms with van der Waals surface area (Å²) in [4.78, 5) is 21.0. The lowest BCUT2D eigenvalue weighted by atomic mass is 10.3. The highest BCUT2D eigenvalue weighted by Gasteiger charge is 2.26. The van der Waals surface area contributed by atoms with Crippen molar-refractivity contribution in [3.05, 3.63) is 35.8 Å². The van der Waals surface area contributed by atoms with Gasteiger partial charge in [-0.1, -0.05) is 17.4 Å². The molecule has 0 fully saturated rings. The number of para-hydroxylation sites is 1. The highest BCUT2D eigenvalue weighted by atomic mass is 35.5. The second kappa shape index (κ2) is 8.64. The number of amides is 1. The summed E-state index contributed by atoms with van der Waals surface area (Å²) in [5, 5.41) is 4.58. The summed E-state index contributed by atoms with van der Waals surface area (Å²) in [5.41, 5.74) is 0.613. The van der Waals surface area contributed by atoms with E-state index in [-0.39, 0.29) is 29.7 Å². The van der Waals surface area contributed by atoms with E-state index in [4.69, 9.17) is 4.74 Å². The fraction of sp³-hybridized carbons (Fsp3) is 0.353. The summed E-state index contributed by atoms with van der Waals surface area (Å²) in [6, 6.07) is 4.79. The Kier molecular flexibility index (Phi) is 6.74. The van der Waals surface area contributed by atoms with E-state index >= 15 is 0 Å². The minimum Gasteiger partial charge on any atom is -0.479 e. The number of thiazole rings is 1. The molecule has 3 aromatic rings. The zero-order chi connectivity index (χ0) is 18.8. The van der Waals surface area contributed by atoms with Gasteiger partial charge in [0.25, 0.3) is 5.91 Å². The predicted molar refractivity (Wildman–Crippen MR) is 107 cm³/mol. The second-order valence-corrected chi connectivity index (χ2v) is 7.08. The molecule has 0 N–H and O–H groups in total. The van der Waals surface area contributed by atoms with Crippen molar-refractivity contribution < 1.29 is 13.9 Å². The number of benzene rings is 1. The zero-order valence-corrected chi connectivity index (χ0v) is 17.1. The number of carbonyl (C=O) groups excluding carboxylic acids is 1. The number of aryl methyl sites for hydroxylation is 1. The van der Waals surface area contributed by atoms with Gasteiger partial charge in [-0.3, -0.25) is 14.4 Å². The molecule has 1 amide bonds. The Hall–Kier alpha value is -2.23. The molecule has 0 bridgehead atoms. The molecule has 146 valence electrons. The first-order valence-electron chi connectivity index (χ1n) is 8.00. The predicted octanol–water partition coefficient (Wildman–Crippen LogP) is 2.81. The summed E-state index contributed by atoms with van der Waals surface area (Å²) in [5.74, 6) is -0.431. The quantitative estimate of drug-likeness (QED) is 0.621. The van der Waals surface area contributed by atoms with Crippen LogP contribution in [0.2, 0.25) is 0 Å². The molecule has 1 aromatic carbocycles. The average Bonchev–Trinajstić information content (AvgIpc) is 3.18. The van der Waals surface area contributed by atoms with Crippen LogP contribution in [0.5, 0.6) is 5.88 Å². The van der Waals surface area contributed by atoms with E-state index in [9.17, 15) is 9.18 Å². The number of fused-ring (bicyclic) bond motifs is 1. The van der Waals surface area contributed by atoms with E-state index in [0.717, 1.165) is 0 Å². The maximum Gasteiger partial charge on any atom is 0.267 e. The Labute approximate surface area is 166 Å². The van der Waals surface area contributed by atoms with Crippen molar-refractivity contribution in [2.24, 2.45) is 7.05 Å². The van der Waals surface area contributed by atoms with E-state index in [1.165, 1.54) is 29.2 Å². The van der Waals surface area contributed by atoms with Gasteiger partial charge >= 0.3 is 0 Å². The molecule has 0 aliphatic carbocycles. The van der Waals surface area contributed by atoms with Crippen molar-refractivity contribution in [1.29, 1.82) is 0 Å². The molecule has 2 aromatic heterocycles. The van der Waals surface area contributed by atoms with Crippen LogP contribution in [-0.2, 0) is 7.05 Å². The SMILES string of the molecule is COc1nn(C)cc1C(=O)N(CCN(C)C)c1nc2c(F)cccc2s1.Cl. The Morgan fingerprint density at radius 3 is 2.70 bits per heavy atom. The first-order chi connectivity index (χ1) is 12.4. The van der Waals surface area contributed by atoms with Gasteiger partial charge in [0.15, 0.2) is 5.13 Å². The third kappa shape index (κ3) is 4.37. The van der Waals surface area contributed by atoms with Crippen LogP contribution in [0.1, 0.15) is 10.4 Å². The Morgan fingerprint density at radius 2 is 2.07 bits per heavy atom. The molecule has 0 saturated carbocycles. The lowest BCUT2D eigenvalue weighted by Crippen LogP contribution is -2.36. The Morgan fingerprint density at radius 1 is 1.33 bits per heavy atom. The zero-order valence-electron chi connectivity index (χ0n) is 15.5. The molecule has 0 aliphatic rings. The molecule has 0 saturated heterocycles. The van der Waals surface area contributed by atoms with Gasteiger partial charge in [-0.15, -0.1) is 17.5 Å². The molecule has 0 spiro atoms. The van der Waals surface area contributed by atoms with E-state index in [1.54, 1.807) is 30.3 Å². The van der Waals surface area contributed by atoms with E-state index in [1.807, 2.05) is 19.0 Å². The molecular weight excluding hydrogens is 393 g/mol. The summed E-state index contributed by atoms with van der Waals surface area (Å²) >= 11 is 1.28. The summed E-state index contributed by atoms with van der Waals surface area (Å²) in [6.07, 6.45) is 1.61. The minimum absolute atomic E-state index is 0. The van der Waals surface area contributed by atoms with Crippen LogP contribution in [-0.4, -0.2) is 59.9 Å².